The van der Waals surface area contributed by atoms with Gasteiger partial charge in [0.05, 0.1) is 6.04 Å². The molecule has 100 valence electrons. The van der Waals surface area contributed by atoms with Crippen molar-refractivity contribution >= 4 is 5.82 Å². The van der Waals surface area contributed by atoms with Crippen molar-refractivity contribution in [3.63, 3.8) is 0 Å². The van der Waals surface area contributed by atoms with Gasteiger partial charge in [-0.25, -0.2) is 0 Å². The second-order valence-electron chi connectivity index (χ2n) is 5.24. The van der Waals surface area contributed by atoms with Gasteiger partial charge in [0.1, 0.15) is 0 Å². The number of benzene rings is 1. The summed E-state index contributed by atoms with van der Waals surface area (Å²) in [5.41, 5.74) is 1.34. The molecule has 4 heteroatoms. The Bertz CT molecular complexity index is 534. The van der Waals surface area contributed by atoms with Gasteiger partial charge in [0, 0.05) is 38.4 Å². The summed E-state index contributed by atoms with van der Waals surface area (Å²) in [6, 6.07) is 13.6. The molecule has 1 aliphatic heterocycles. The van der Waals surface area contributed by atoms with E-state index < -0.39 is 0 Å². The number of piperazine rings is 1. The molecule has 1 fully saturated rings. The first-order chi connectivity index (χ1) is 9.24. The molecular formula is C15H20N4. The Hall–Kier alpha value is -1.81. The minimum Gasteiger partial charge on any atom is -0.345 e. The van der Waals surface area contributed by atoms with Crippen LogP contribution in [0, 0.1) is 0 Å². The quantitative estimate of drug-likeness (QED) is 0.891. The van der Waals surface area contributed by atoms with Crippen molar-refractivity contribution in [2.75, 3.05) is 18.0 Å². The number of aryl methyl sites for hydroxylation is 1. The molecule has 1 saturated heterocycles. The molecule has 2 atom stereocenters. The standard InChI is InChI=1S/C15H20N4/c1-12-11-19(15-8-9-18(2)17-15)14(10-16-12)13-6-4-3-5-7-13/h3-9,12,14,16H,10-11H2,1-2H3. The third-order valence-corrected chi connectivity index (χ3v) is 3.68. The Morgan fingerprint density at radius 2 is 2.00 bits per heavy atom. The number of anilines is 1. The van der Waals surface area contributed by atoms with Crippen LogP contribution in [0.4, 0.5) is 5.82 Å². The molecule has 19 heavy (non-hydrogen) atoms. The molecule has 1 aromatic heterocycles. The normalized spacial score (nSPS) is 23.6. The van der Waals surface area contributed by atoms with Gasteiger partial charge in [-0.1, -0.05) is 30.3 Å². The predicted molar refractivity (Wildman–Crippen MR) is 77.2 cm³/mol. The van der Waals surface area contributed by atoms with Crippen LogP contribution in [0.15, 0.2) is 42.6 Å². The van der Waals surface area contributed by atoms with E-state index in [1.165, 1.54) is 5.56 Å². The number of nitrogens with one attached hydrogen (secondary N) is 1. The highest BCUT2D eigenvalue weighted by Gasteiger charge is 2.28. The van der Waals surface area contributed by atoms with Crippen molar-refractivity contribution in [3.8, 4) is 0 Å². The lowest BCUT2D eigenvalue weighted by molar-refractivity contribution is 0.413. The number of nitrogens with zero attached hydrogens (tertiary/aromatic N) is 3. The lowest BCUT2D eigenvalue weighted by Gasteiger charge is -2.39. The van der Waals surface area contributed by atoms with Gasteiger partial charge >= 0.3 is 0 Å². The first kappa shape index (κ1) is 12.2. The molecule has 0 saturated carbocycles. The highest BCUT2D eigenvalue weighted by atomic mass is 15.4. The van der Waals surface area contributed by atoms with Gasteiger partial charge in [0.2, 0.25) is 0 Å². The average molecular weight is 256 g/mol. The van der Waals surface area contributed by atoms with Crippen LogP contribution in [-0.4, -0.2) is 28.9 Å². The topological polar surface area (TPSA) is 33.1 Å². The van der Waals surface area contributed by atoms with Crippen LogP contribution >= 0.6 is 0 Å². The van der Waals surface area contributed by atoms with Gasteiger partial charge in [-0.3, -0.25) is 4.68 Å². The first-order valence-corrected chi connectivity index (χ1v) is 6.78. The minimum absolute atomic E-state index is 0.354. The van der Waals surface area contributed by atoms with E-state index in [2.05, 4.69) is 58.6 Å². The third-order valence-electron chi connectivity index (χ3n) is 3.68. The van der Waals surface area contributed by atoms with Gasteiger partial charge in [-0.15, -0.1) is 0 Å². The molecule has 0 spiro atoms. The number of hydrogen-bond donors (Lipinski definition) is 1. The van der Waals surface area contributed by atoms with E-state index in [-0.39, 0.29) is 0 Å². The highest BCUT2D eigenvalue weighted by Crippen LogP contribution is 2.28. The molecule has 2 aromatic rings. The van der Waals surface area contributed by atoms with Crippen molar-refractivity contribution in [2.45, 2.75) is 19.0 Å². The number of hydrogen-bond acceptors (Lipinski definition) is 3. The van der Waals surface area contributed by atoms with Crippen LogP contribution in [0.2, 0.25) is 0 Å². The van der Waals surface area contributed by atoms with Crippen LogP contribution in [0.3, 0.4) is 0 Å². The van der Waals surface area contributed by atoms with Crippen LogP contribution in [0.25, 0.3) is 0 Å². The Balaban J connectivity index is 1.92. The zero-order chi connectivity index (χ0) is 13.2. The van der Waals surface area contributed by atoms with Gasteiger partial charge in [-0.2, -0.15) is 5.10 Å². The lowest BCUT2D eigenvalue weighted by Crippen LogP contribution is -2.51. The van der Waals surface area contributed by atoms with E-state index in [4.69, 9.17) is 0 Å². The maximum Gasteiger partial charge on any atom is 0.151 e. The van der Waals surface area contributed by atoms with Gasteiger partial charge in [0.25, 0.3) is 0 Å². The highest BCUT2D eigenvalue weighted by molar-refractivity contribution is 5.43. The molecule has 3 rings (SSSR count). The molecule has 0 bridgehead atoms. The Morgan fingerprint density at radius 1 is 1.21 bits per heavy atom. The maximum atomic E-state index is 4.56. The molecule has 0 amide bonds. The van der Waals surface area contributed by atoms with Gasteiger partial charge < -0.3 is 10.2 Å². The van der Waals surface area contributed by atoms with E-state index >= 15 is 0 Å². The summed E-state index contributed by atoms with van der Waals surface area (Å²) in [5, 5.41) is 8.12. The summed E-state index contributed by atoms with van der Waals surface area (Å²) < 4.78 is 1.87. The van der Waals surface area contributed by atoms with Crippen molar-refractivity contribution in [1.82, 2.24) is 15.1 Å². The zero-order valence-corrected chi connectivity index (χ0v) is 11.5. The second-order valence-corrected chi connectivity index (χ2v) is 5.24. The fourth-order valence-electron chi connectivity index (χ4n) is 2.69. The van der Waals surface area contributed by atoms with Crippen molar-refractivity contribution in [2.24, 2.45) is 7.05 Å². The predicted octanol–water partition coefficient (Wildman–Crippen LogP) is 1.96. The van der Waals surface area contributed by atoms with E-state index in [1.54, 1.807) is 0 Å². The maximum absolute atomic E-state index is 4.56. The summed E-state index contributed by atoms with van der Waals surface area (Å²) in [6.45, 7) is 4.16. The van der Waals surface area contributed by atoms with Crippen molar-refractivity contribution in [3.05, 3.63) is 48.2 Å². The minimum atomic E-state index is 0.354. The number of aromatic nitrogens is 2. The average Bonchev–Trinajstić information content (AvgIpc) is 2.86. The van der Waals surface area contributed by atoms with Crippen LogP contribution in [0.1, 0.15) is 18.5 Å². The van der Waals surface area contributed by atoms with Gasteiger partial charge in [-0.05, 0) is 12.5 Å². The molecule has 1 aliphatic rings. The van der Waals surface area contributed by atoms with Crippen LogP contribution < -0.4 is 10.2 Å². The van der Waals surface area contributed by atoms with E-state index in [0.29, 0.717) is 12.1 Å². The van der Waals surface area contributed by atoms with E-state index in [0.717, 1.165) is 18.9 Å². The fraction of sp³-hybridized carbons (Fsp3) is 0.400. The smallest absolute Gasteiger partial charge is 0.151 e. The summed E-state index contributed by atoms with van der Waals surface area (Å²) in [5.74, 6) is 1.06. The van der Waals surface area contributed by atoms with Gasteiger partial charge in [0.15, 0.2) is 5.82 Å². The lowest BCUT2D eigenvalue weighted by atomic mass is 10.0. The summed E-state index contributed by atoms with van der Waals surface area (Å²) >= 11 is 0. The summed E-state index contributed by atoms with van der Waals surface area (Å²) in [7, 11) is 1.96. The van der Waals surface area contributed by atoms with E-state index in [9.17, 15) is 0 Å². The van der Waals surface area contributed by atoms with Crippen molar-refractivity contribution < 1.29 is 0 Å². The fourth-order valence-corrected chi connectivity index (χ4v) is 2.69. The molecule has 1 N–H and O–H groups in total. The molecule has 2 unspecified atom stereocenters. The second kappa shape index (κ2) is 5.05. The van der Waals surface area contributed by atoms with E-state index in [1.807, 2.05) is 17.9 Å². The largest absolute Gasteiger partial charge is 0.345 e. The van der Waals surface area contributed by atoms with Crippen LogP contribution in [-0.2, 0) is 7.05 Å². The monoisotopic (exact) mass is 256 g/mol. The Labute approximate surface area is 114 Å². The molecule has 0 radical (unpaired) electrons. The Kier molecular flexibility index (Phi) is 3.25. The van der Waals surface area contributed by atoms with Crippen LogP contribution in [0.5, 0.6) is 0 Å². The molecule has 2 heterocycles. The zero-order valence-electron chi connectivity index (χ0n) is 11.5. The SMILES string of the molecule is CC1CN(c2ccn(C)n2)C(c2ccccc2)CN1. The Morgan fingerprint density at radius 3 is 2.68 bits per heavy atom. The third kappa shape index (κ3) is 2.49. The molecule has 4 nitrogen and oxygen atoms in total. The summed E-state index contributed by atoms with van der Waals surface area (Å²) in [4.78, 5) is 2.40. The molecule has 1 aromatic carbocycles. The molecule has 0 aliphatic carbocycles. The summed E-state index contributed by atoms with van der Waals surface area (Å²) in [6.07, 6.45) is 2.00. The van der Waals surface area contributed by atoms with Crippen molar-refractivity contribution in [1.29, 1.82) is 0 Å². The molecular weight excluding hydrogens is 236 g/mol. The first-order valence-electron chi connectivity index (χ1n) is 6.78. The number of rotatable bonds is 2.